The number of nitrogens with one attached hydrogen (secondary N) is 1. The third kappa shape index (κ3) is 2.96. The summed E-state index contributed by atoms with van der Waals surface area (Å²) in [4.78, 5) is 0. The molecule has 0 saturated carbocycles. The van der Waals surface area contributed by atoms with Gasteiger partial charge < -0.3 is 5.32 Å². The Morgan fingerprint density at radius 3 is 2.94 bits per heavy atom. The Balaban J connectivity index is 1.95. The second-order valence-electron chi connectivity index (χ2n) is 3.72. The van der Waals surface area contributed by atoms with E-state index in [1.165, 1.54) is 6.07 Å². The van der Waals surface area contributed by atoms with Gasteiger partial charge in [0.05, 0.1) is 9.26 Å². The Morgan fingerprint density at radius 2 is 2.24 bits per heavy atom. The van der Waals surface area contributed by atoms with Gasteiger partial charge in [-0.25, -0.2) is 4.39 Å². The Kier molecular flexibility index (Phi) is 3.98. The van der Waals surface area contributed by atoms with E-state index in [1.54, 1.807) is 12.3 Å². The predicted octanol–water partition coefficient (Wildman–Crippen LogP) is 2.82. The Labute approximate surface area is 113 Å². The molecule has 2 rings (SSSR count). The zero-order valence-electron chi connectivity index (χ0n) is 9.45. The number of benzene rings is 1. The molecule has 5 heteroatoms. The van der Waals surface area contributed by atoms with Crippen molar-refractivity contribution in [3.8, 4) is 0 Å². The summed E-state index contributed by atoms with van der Waals surface area (Å²) >= 11 is 2.01. The van der Waals surface area contributed by atoms with E-state index in [1.807, 2.05) is 46.5 Å². The highest BCUT2D eigenvalue weighted by molar-refractivity contribution is 14.1. The molecule has 0 radical (unpaired) electrons. The molecule has 1 N–H and O–H groups in total. The molecule has 17 heavy (non-hydrogen) atoms. The van der Waals surface area contributed by atoms with Crippen molar-refractivity contribution in [1.29, 1.82) is 0 Å². The third-order valence-electron chi connectivity index (χ3n) is 2.57. The van der Waals surface area contributed by atoms with Gasteiger partial charge in [0, 0.05) is 31.9 Å². The lowest BCUT2D eigenvalue weighted by Gasteiger charge is -2.09. The molecule has 3 nitrogen and oxygen atoms in total. The van der Waals surface area contributed by atoms with Crippen LogP contribution >= 0.6 is 22.6 Å². The topological polar surface area (TPSA) is 29.9 Å². The average Bonchev–Trinajstić information content (AvgIpc) is 2.71. The van der Waals surface area contributed by atoms with Crippen LogP contribution in [0.1, 0.15) is 5.69 Å². The summed E-state index contributed by atoms with van der Waals surface area (Å²) < 4.78 is 15.8. The van der Waals surface area contributed by atoms with Crippen LogP contribution in [0.4, 0.5) is 10.1 Å². The van der Waals surface area contributed by atoms with E-state index < -0.39 is 0 Å². The van der Waals surface area contributed by atoms with Gasteiger partial charge in [-0.2, -0.15) is 5.10 Å². The lowest BCUT2D eigenvalue weighted by Crippen LogP contribution is -2.09. The smallest absolute Gasteiger partial charge is 0.138 e. The molecule has 0 saturated heterocycles. The van der Waals surface area contributed by atoms with Crippen molar-refractivity contribution in [1.82, 2.24) is 9.78 Å². The molecule has 0 amide bonds. The van der Waals surface area contributed by atoms with Gasteiger partial charge in [0.2, 0.25) is 0 Å². The monoisotopic (exact) mass is 345 g/mol. The second-order valence-corrected chi connectivity index (χ2v) is 4.80. The average molecular weight is 345 g/mol. The van der Waals surface area contributed by atoms with Gasteiger partial charge in [0.15, 0.2) is 0 Å². The molecule has 0 aliphatic carbocycles. The van der Waals surface area contributed by atoms with Crippen LogP contribution in [0.2, 0.25) is 0 Å². The van der Waals surface area contributed by atoms with Crippen LogP contribution in [0.5, 0.6) is 0 Å². The number of rotatable bonds is 4. The molecular weight excluding hydrogens is 332 g/mol. The number of anilines is 1. The van der Waals surface area contributed by atoms with Gasteiger partial charge in [-0.05, 0) is 40.8 Å². The molecule has 90 valence electrons. The summed E-state index contributed by atoms with van der Waals surface area (Å²) in [7, 11) is 1.92. The summed E-state index contributed by atoms with van der Waals surface area (Å²) in [5.74, 6) is -0.184. The number of aromatic nitrogens is 2. The normalized spacial score (nSPS) is 10.5. The van der Waals surface area contributed by atoms with Crippen molar-refractivity contribution in [3.63, 3.8) is 0 Å². The van der Waals surface area contributed by atoms with Gasteiger partial charge in [-0.15, -0.1) is 0 Å². The fraction of sp³-hybridized carbons (Fsp3) is 0.250. The zero-order chi connectivity index (χ0) is 12.3. The highest BCUT2D eigenvalue weighted by Gasteiger charge is 2.04. The largest absolute Gasteiger partial charge is 0.384 e. The standard InChI is InChI=1S/C12H13FIN3/c1-17-9(6-8-16-17)5-7-15-11-4-2-3-10(13)12(11)14/h2-4,6,8,15H,5,7H2,1H3. The van der Waals surface area contributed by atoms with E-state index in [9.17, 15) is 4.39 Å². The van der Waals surface area contributed by atoms with Gasteiger partial charge >= 0.3 is 0 Å². The number of halogens is 2. The first-order valence-electron chi connectivity index (χ1n) is 5.33. The minimum atomic E-state index is -0.184. The van der Waals surface area contributed by atoms with Gasteiger partial charge in [0.25, 0.3) is 0 Å². The van der Waals surface area contributed by atoms with Gasteiger partial charge in [-0.3, -0.25) is 4.68 Å². The van der Waals surface area contributed by atoms with Crippen LogP contribution in [0.3, 0.4) is 0 Å². The summed E-state index contributed by atoms with van der Waals surface area (Å²) in [5, 5.41) is 7.33. The highest BCUT2D eigenvalue weighted by atomic mass is 127. The first kappa shape index (κ1) is 12.3. The number of hydrogen-bond donors (Lipinski definition) is 1. The van der Waals surface area contributed by atoms with Crippen LogP contribution in [0, 0.1) is 9.39 Å². The quantitative estimate of drug-likeness (QED) is 0.864. The molecule has 0 aliphatic rings. The number of hydrogen-bond acceptors (Lipinski definition) is 2. The Hall–Kier alpha value is -1.11. The van der Waals surface area contributed by atoms with Crippen LogP contribution < -0.4 is 5.32 Å². The van der Waals surface area contributed by atoms with Crippen LogP contribution in [0.15, 0.2) is 30.5 Å². The maximum absolute atomic E-state index is 13.3. The predicted molar refractivity (Wildman–Crippen MR) is 74.5 cm³/mol. The van der Waals surface area contributed by atoms with E-state index in [0.717, 1.165) is 24.3 Å². The SMILES string of the molecule is Cn1nccc1CCNc1cccc(F)c1I. The van der Waals surface area contributed by atoms with Crippen LogP contribution in [-0.4, -0.2) is 16.3 Å². The van der Waals surface area contributed by atoms with Gasteiger partial charge in [-0.1, -0.05) is 6.07 Å². The molecule has 1 aromatic carbocycles. The molecule has 2 aromatic rings. The van der Waals surface area contributed by atoms with Crippen molar-refractivity contribution in [2.24, 2.45) is 7.05 Å². The molecule has 0 aliphatic heterocycles. The van der Waals surface area contributed by atoms with Crippen molar-refractivity contribution in [3.05, 3.63) is 45.5 Å². The molecule has 0 unspecified atom stereocenters. The minimum absolute atomic E-state index is 0.184. The fourth-order valence-electron chi connectivity index (χ4n) is 1.61. The summed E-state index contributed by atoms with van der Waals surface area (Å²) in [6.07, 6.45) is 2.64. The van der Waals surface area contributed by atoms with Gasteiger partial charge in [0.1, 0.15) is 5.82 Å². The Morgan fingerprint density at radius 1 is 1.41 bits per heavy atom. The fourth-order valence-corrected chi connectivity index (χ4v) is 2.16. The third-order valence-corrected chi connectivity index (χ3v) is 3.67. The van der Waals surface area contributed by atoms with E-state index in [-0.39, 0.29) is 5.82 Å². The zero-order valence-corrected chi connectivity index (χ0v) is 11.6. The van der Waals surface area contributed by atoms with E-state index >= 15 is 0 Å². The molecule has 0 spiro atoms. The summed E-state index contributed by atoms with van der Waals surface area (Å²) in [6, 6.07) is 7.05. The molecular formula is C12H13FIN3. The van der Waals surface area contributed by atoms with Crippen molar-refractivity contribution in [2.45, 2.75) is 6.42 Å². The number of nitrogens with zero attached hydrogens (tertiary/aromatic N) is 2. The maximum Gasteiger partial charge on any atom is 0.138 e. The van der Waals surface area contributed by atoms with Crippen molar-refractivity contribution >= 4 is 28.3 Å². The van der Waals surface area contributed by atoms with E-state index in [2.05, 4.69) is 10.4 Å². The van der Waals surface area contributed by atoms with Crippen molar-refractivity contribution < 1.29 is 4.39 Å². The van der Waals surface area contributed by atoms with Crippen molar-refractivity contribution in [2.75, 3.05) is 11.9 Å². The van der Waals surface area contributed by atoms with Crippen LogP contribution in [0.25, 0.3) is 0 Å². The molecule has 1 aromatic heterocycles. The number of aryl methyl sites for hydroxylation is 1. The molecule has 0 fully saturated rings. The summed E-state index contributed by atoms with van der Waals surface area (Å²) in [5.41, 5.74) is 2.00. The van der Waals surface area contributed by atoms with E-state index in [0.29, 0.717) is 3.57 Å². The minimum Gasteiger partial charge on any atom is -0.384 e. The molecule has 0 bridgehead atoms. The molecule has 1 heterocycles. The Bertz CT molecular complexity index is 510. The van der Waals surface area contributed by atoms with E-state index in [4.69, 9.17) is 0 Å². The molecule has 0 atom stereocenters. The lowest BCUT2D eigenvalue weighted by molar-refractivity contribution is 0.621. The second kappa shape index (κ2) is 5.48. The highest BCUT2D eigenvalue weighted by Crippen LogP contribution is 2.20. The first-order chi connectivity index (χ1) is 8.18. The lowest BCUT2D eigenvalue weighted by atomic mass is 10.2. The first-order valence-corrected chi connectivity index (χ1v) is 6.41. The summed E-state index contributed by atoms with van der Waals surface area (Å²) in [6.45, 7) is 0.763. The van der Waals surface area contributed by atoms with Crippen LogP contribution in [-0.2, 0) is 13.5 Å². The maximum atomic E-state index is 13.3.